The molecule has 1 fully saturated rings. The van der Waals surface area contributed by atoms with Crippen LogP contribution >= 0.6 is 0 Å². The third kappa shape index (κ3) is 3.46. The van der Waals surface area contributed by atoms with Gasteiger partial charge in [0.05, 0.1) is 0 Å². The Balaban J connectivity index is 2.51. The summed E-state index contributed by atoms with van der Waals surface area (Å²) in [6.45, 7) is 11.6. The van der Waals surface area contributed by atoms with Crippen LogP contribution in [-0.2, 0) is 0 Å². The van der Waals surface area contributed by atoms with Crippen molar-refractivity contribution in [1.82, 2.24) is 4.90 Å². The highest BCUT2D eigenvalue weighted by Gasteiger charge is 2.32. The smallest absolute Gasteiger partial charge is 0.0497 e. The Hall–Kier alpha value is -0.0800. The van der Waals surface area contributed by atoms with E-state index in [0.29, 0.717) is 12.6 Å². The summed E-state index contributed by atoms with van der Waals surface area (Å²) in [7, 11) is 0. The molecule has 2 nitrogen and oxygen atoms in total. The molecule has 0 saturated carbocycles. The third-order valence-corrected chi connectivity index (χ3v) is 3.73. The van der Waals surface area contributed by atoms with Crippen LogP contribution in [0.3, 0.4) is 0 Å². The van der Waals surface area contributed by atoms with Crippen molar-refractivity contribution in [2.24, 2.45) is 11.3 Å². The van der Waals surface area contributed by atoms with Gasteiger partial charge in [-0.15, -0.1) is 0 Å². The first-order valence-electron chi connectivity index (χ1n) is 6.35. The molecule has 0 aromatic heterocycles. The summed E-state index contributed by atoms with van der Waals surface area (Å²) in [6, 6.07) is 0.697. The normalized spacial score (nSPS) is 31.8. The fraction of sp³-hybridized carbons (Fsp3) is 1.00. The summed E-state index contributed by atoms with van der Waals surface area (Å²) in [6.07, 6.45) is 3.60. The van der Waals surface area contributed by atoms with E-state index in [4.69, 9.17) is 0 Å². The van der Waals surface area contributed by atoms with E-state index in [0.717, 1.165) is 25.3 Å². The van der Waals surface area contributed by atoms with Gasteiger partial charge >= 0.3 is 0 Å². The molecule has 1 N–H and O–H groups in total. The van der Waals surface area contributed by atoms with Gasteiger partial charge in [-0.3, -0.25) is 4.90 Å². The molecule has 1 aliphatic heterocycles. The summed E-state index contributed by atoms with van der Waals surface area (Å²) < 4.78 is 0. The van der Waals surface area contributed by atoms with Crippen molar-refractivity contribution in [2.75, 3.05) is 19.7 Å². The molecule has 0 spiro atoms. The Labute approximate surface area is 94.7 Å². The van der Waals surface area contributed by atoms with Crippen LogP contribution in [-0.4, -0.2) is 35.7 Å². The zero-order valence-corrected chi connectivity index (χ0v) is 10.8. The quantitative estimate of drug-likeness (QED) is 0.758. The minimum atomic E-state index is 0.104. The molecule has 3 unspecified atom stereocenters. The number of aliphatic hydroxyl groups excluding tert-OH is 1. The van der Waals surface area contributed by atoms with Gasteiger partial charge in [-0.25, -0.2) is 0 Å². The zero-order chi connectivity index (χ0) is 11.5. The minimum absolute atomic E-state index is 0.104. The van der Waals surface area contributed by atoms with Crippen molar-refractivity contribution in [3.8, 4) is 0 Å². The Morgan fingerprint density at radius 2 is 2.07 bits per heavy atom. The molecule has 1 rings (SSSR count). The summed E-state index contributed by atoms with van der Waals surface area (Å²) >= 11 is 0. The van der Waals surface area contributed by atoms with Crippen LogP contribution in [0.4, 0.5) is 0 Å². The maximum atomic E-state index is 9.50. The van der Waals surface area contributed by atoms with Gasteiger partial charge < -0.3 is 5.11 Å². The Morgan fingerprint density at radius 1 is 1.40 bits per heavy atom. The molecule has 15 heavy (non-hydrogen) atoms. The van der Waals surface area contributed by atoms with Crippen molar-refractivity contribution >= 4 is 0 Å². The van der Waals surface area contributed by atoms with Gasteiger partial charge in [0.25, 0.3) is 0 Å². The lowest BCUT2D eigenvalue weighted by atomic mass is 9.86. The van der Waals surface area contributed by atoms with Crippen LogP contribution in [0.5, 0.6) is 0 Å². The highest BCUT2D eigenvalue weighted by atomic mass is 16.3. The predicted molar refractivity (Wildman–Crippen MR) is 64.9 cm³/mol. The van der Waals surface area contributed by atoms with Gasteiger partial charge in [-0.05, 0) is 25.7 Å². The summed E-state index contributed by atoms with van der Waals surface area (Å²) in [5.74, 6) is 0.824. The summed E-state index contributed by atoms with van der Waals surface area (Å²) in [5.41, 5.74) is 0.104. The zero-order valence-electron chi connectivity index (χ0n) is 10.8. The molecule has 0 aliphatic carbocycles. The first-order chi connectivity index (χ1) is 7.00. The monoisotopic (exact) mass is 213 g/mol. The Bertz CT molecular complexity index is 195. The molecular formula is C13H27NO. The first-order valence-corrected chi connectivity index (χ1v) is 6.35. The van der Waals surface area contributed by atoms with E-state index in [1.165, 1.54) is 13.0 Å². The molecule has 1 saturated heterocycles. The number of rotatable bonds is 5. The molecule has 1 heterocycles. The van der Waals surface area contributed by atoms with Gasteiger partial charge in [-0.1, -0.05) is 27.2 Å². The molecule has 0 radical (unpaired) electrons. The topological polar surface area (TPSA) is 23.5 Å². The van der Waals surface area contributed by atoms with Crippen LogP contribution in [0.1, 0.15) is 47.0 Å². The number of nitrogens with zero attached hydrogens (tertiary/aromatic N) is 1. The van der Waals surface area contributed by atoms with Gasteiger partial charge in [0.1, 0.15) is 0 Å². The number of hydrogen-bond donors (Lipinski definition) is 1. The van der Waals surface area contributed by atoms with Crippen LogP contribution in [0.2, 0.25) is 0 Å². The predicted octanol–water partition coefficient (Wildman–Crippen LogP) is 2.52. The van der Waals surface area contributed by atoms with E-state index in [2.05, 4.69) is 32.6 Å². The molecular weight excluding hydrogens is 186 g/mol. The van der Waals surface area contributed by atoms with Crippen molar-refractivity contribution < 1.29 is 5.11 Å². The van der Waals surface area contributed by atoms with Crippen LogP contribution in [0.25, 0.3) is 0 Å². The summed E-state index contributed by atoms with van der Waals surface area (Å²) in [4.78, 5) is 2.55. The Kier molecular flexibility index (Phi) is 4.60. The average Bonchev–Trinajstić information content (AvgIpc) is 2.45. The lowest BCUT2D eigenvalue weighted by Gasteiger charge is -2.34. The second-order valence-corrected chi connectivity index (χ2v) is 5.84. The van der Waals surface area contributed by atoms with Gasteiger partial charge in [0.15, 0.2) is 0 Å². The van der Waals surface area contributed by atoms with Crippen molar-refractivity contribution in [1.29, 1.82) is 0 Å². The number of aliphatic hydroxyl groups is 1. The molecule has 0 aromatic carbocycles. The third-order valence-electron chi connectivity index (χ3n) is 3.73. The van der Waals surface area contributed by atoms with Crippen molar-refractivity contribution in [3.05, 3.63) is 0 Å². The molecule has 0 amide bonds. The van der Waals surface area contributed by atoms with Gasteiger partial charge in [0, 0.05) is 31.2 Å². The number of hydrogen-bond acceptors (Lipinski definition) is 2. The van der Waals surface area contributed by atoms with E-state index in [-0.39, 0.29) is 5.41 Å². The molecule has 0 bridgehead atoms. The highest BCUT2D eigenvalue weighted by Crippen LogP contribution is 2.30. The van der Waals surface area contributed by atoms with E-state index in [1.807, 2.05) is 0 Å². The second-order valence-electron chi connectivity index (χ2n) is 5.84. The van der Waals surface area contributed by atoms with Gasteiger partial charge in [-0.2, -0.15) is 0 Å². The highest BCUT2D eigenvalue weighted by molar-refractivity contribution is 4.85. The molecule has 1 aliphatic rings. The molecule has 2 heteroatoms. The maximum Gasteiger partial charge on any atom is 0.0497 e. The van der Waals surface area contributed by atoms with E-state index in [9.17, 15) is 5.11 Å². The minimum Gasteiger partial charge on any atom is -0.396 e. The molecule has 0 aromatic rings. The molecule has 3 atom stereocenters. The lowest BCUT2D eigenvalue weighted by molar-refractivity contribution is 0.0762. The SMILES string of the molecule is CCCC(C)(CO)CN1CC(C)CC1C. The lowest BCUT2D eigenvalue weighted by Crippen LogP contribution is -2.40. The number of likely N-dealkylation sites (tertiary alicyclic amines) is 1. The van der Waals surface area contributed by atoms with Crippen LogP contribution in [0.15, 0.2) is 0 Å². The summed E-state index contributed by atoms with van der Waals surface area (Å²) in [5, 5.41) is 9.50. The fourth-order valence-corrected chi connectivity index (χ4v) is 2.91. The first kappa shape index (κ1) is 13.0. The largest absolute Gasteiger partial charge is 0.396 e. The van der Waals surface area contributed by atoms with Crippen LogP contribution in [0, 0.1) is 11.3 Å². The average molecular weight is 213 g/mol. The van der Waals surface area contributed by atoms with Crippen molar-refractivity contribution in [3.63, 3.8) is 0 Å². The van der Waals surface area contributed by atoms with Gasteiger partial charge in [0.2, 0.25) is 0 Å². The van der Waals surface area contributed by atoms with Crippen molar-refractivity contribution in [2.45, 2.75) is 53.0 Å². The second kappa shape index (κ2) is 5.31. The van der Waals surface area contributed by atoms with E-state index in [1.54, 1.807) is 0 Å². The standard InChI is InChI=1S/C13H27NO/c1-5-6-13(4,10-15)9-14-8-11(2)7-12(14)3/h11-12,15H,5-10H2,1-4H3. The van der Waals surface area contributed by atoms with E-state index >= 15 is 0 Å². The van der Waals surface area contributed by atoms with Crippen LogP contribution < -0.4 is 0 Å². The molecule has 90 valence electrons. The Morgan fingerprint density at radius 3 is 2.47 bits per heavy atom. The van der Waals surface area contributed by atoms with E-state index < -0.39 is 0 Å². The maximum absolute atomic E-state index is 9.50. The fourth-order valence-electron chi connectivity index (χ4n) is 2.91.